The summed E-state index contributed by atoms with van der Waals surface area (Å²) >= 11 is 0. The second-order valence-corrected chi connectivity index (χ2v) is 6.53. The van der Waals surface area contributed by atoms with Gasteiger partial charge in [-0.15, -0.1) is 0 Å². The number of aliphatic hydroxyl groups is 1. The van der Waals surface area contributed by atoms with Crippen molar-refractivity contribution in [2.24, 2.45) is 0 Å². The van der Waals surface area contributed by atoms with E-state index in [2.05, 4.69) is 10.6 Å². The van der Waals surface area contributed by atoms with Gasteiger partial charge in [0.05, 0.1) is 18.8 Å². The van der Waals surface area contributed by atoms with Gasteiger partial charge in [0.2, 0.25) is 0 Å². The smallest absolute Gasteiger partial charge is 0.315 e. The summed E-state index contributed by atoms with van der Waals surface area (Å²) in [6, 6.07) is 5.33. The van der Waals surface area contributed by atoms with Crippen molar-refractivity contribution >= 4 is 6.03 Å². The molecule has 0 aliphatic carbocycles. The molecule has 1 aliphatic heterocycles. The highest BCUT2D eigenvalue weighted by atomic mass is 19.1. The van der Waals surface area contributed by atoms with Gasteiger partial charge in [0.1, 0.15) is 11.4 Å². The van der Waals surface area contributed by atoms with E-state index in [4.69, 9.17) is 4.74 Å². The quantitative estimate of drug-likeness (QED) is 0.796. The van der Waals surface area contributed by atoms with Crippen molar-refractivity contribution in [2.75, 3.05) is 6.54 Å². The van der Waals surface area contributed by atoms with Crippen molar-refractivity contribution in [1.29, 1.82) is 0 Å². The van der Waals surface area contributed by atoms with E-state index in [1.165, 1.54) is 24.3 Å². The van der Waals surface area contributed by atoms with Crippen LogP contribution in [0, 0.1) is 5.82 Å². The van der Waals surface area contributed by atoms with Gasteiger partial charge in [-0.25, -0.2) is 9.18 Å². The van der Waals surface area contributed by atoms with Gasteiger partial charge in [0.15, 0.2) is 0 Å². The van der Waals surface area contributed by atoms with E-state index in [1.54, 1.807) is 6.92 Å². The monoisotopic (exact) mass is 324 g/mol. The fourth-order valence-electron chi connectivity index (χ4n) is 2.92. The standard InChI is InChI=1S/C17H25FN2O3/c1-11-8-15(9-12(2)23-11)20-16(21)19-10-17(3,22)13-4-6-14(18)7-5-13/h4-7,11-12,15,22H,8-10H2,1-3H3,(H2,19,20,21). The van der Waals surface area contributed by atoms with E-state index in [0.29, 0.717) is 5.56 Å². The van der Waals surface area contributed by atoms with E-state index in [-0.39, 0.29) is 36.6 Å². The van der Waals surface area contributed by atoms with Crippen molar-refractivity contribution in [2.45, 2.75) is 57.5 Å². The summed E-state index contributed by atoms with van der Waals surface area (Å²) in [5.41, 5.74) is -0.714. The minimum atomic E-state index is -1.26. The van der Waals surface area contributed by atoms with Crippen LogP contribution in [-0.2, 0) is 10.3 Å². The van der Waals surface area contributed by atoms with E-state index < -0.39 is 5.60 Å². The first-order chi connectivity index (χ1) is 10.8. The highest BCUT2D eigenvalue weighted by Crippen LogP contribution is 2.21. The van der Waals surface area contributed by atoms with Gasteiger partial charge < -0.3 is 20.5 Å². The number of halogens is 1. The summed E-state index contributed by atoms with van der Waals surface area (Å²) in [4.78, 5) is 12.0. The Morgan fingerprint density at radius 1 is 1.30 bits per heavy atom. The van der Waals surface area contributed by atoms with Crippen LogP contribution in [0.15, 0.2) is 24.3 Å². The van der Waals surface area contributed by atoms with E-state index in [0.717, 1.165) is 12.8 Å². The zero-order valence-corrected chi connectivity index (χ0v) is 13.8. The first kappa shape index (κ1) is 17.7. The van der Waals surface area contributed by atoms with Crippen LogP contribution in [0.4, 0.5) is 9.18 Å². The first-order valence-electron chi connectivity index (χ1n) is 7.94. The Hall–Kier alpha value is -1.66. The Bertz CT molecular complexity index is 523. The maximum atomic E-state index is 12.9. The Balaban J connectivity index is 1.84. The highest BCUT2D eigenvalue weighted by molar-refractivity contribution is 5.74. The molecule has 5 nitrogen and oxygen atoms in total. The molecule has 0 bridgehead atoms. The number of nitrogens with one attached hydrogen (secondary N) is 2. The average Bonchev–Trinajstić information content (AvgIpc) is 2.44. The van der Waals surface area contributed by atoms with Gasteiger partial charge in [0.25, 0.3) is 0 Å². The third kappa shape index (κ3) is 5.18. The summed E-state index contributed by atoms with van der Waals surface area (Å²) in [5, 5.41) is 16.0. The van der Waals surface area contributed by atoms with Crippen molar-refractivity contribution in [1.82, 2.24) is 10.6 Å². The normalized spacial score (nSPS) is 27.1. The molecule has 2 rings (SSSR count). The molecule has 0 spiro atoms. The third-order valence-electron chi connectivity index (χ3n) is 4.09. The van der Waals surface area contributed by atoms with Crippen LogP contribution < -0.4 is 10.6 Å². The molecule has 6 heteroatoms. The molecule has 2 amide bonds. The highest BCUT2D eigenvalue weighted by Gasteiger charge is 2.27. The van der Waals surface area contributed by atoms with Gasteiger partial charge >= 0.3 is 6.03 Å². The van der Waals surface area contributed by atoms with Gasteiger partial charge in [-0.05, 0) is 51.3 Å². The lowest BCUT2D eigenvalue weighted by molar-refractivity contribution is -0.0403. The summed E-state index contributed by atoms with van der Waals surface area (Å²) in [6.45, 7) is 5.60. The molecule has 0 saturated carbocycles. The minimum Gasteiger partial charge on any atom is -0.384 e. The lowest BCUT2D eigenvalue weighted by Crippen LogP contribution is -2.50. The Labute approximate surface area is 136 Å². The van der Waals surface area contributed by atoms with Gasteiger partial charge in [-0.1, -0.05) is 12.1 Å². The summed E-state index contributed by atoms with van der Waals surface area (Å²) < 4.78 is 18.6. The van der Waals surface area contributed by atoms with Crippen LogP contribution in [0.25, 0.3) is 0 Å². The number of carbonyl (C=O) groups excluding carboxylic acids is 1. The Morgan fingerprint density at radius 2 is 1.87 bits per heavy atom. The Kier molecular flexibility index (Phi) is 5.59. The van der Waals surface area contributed by atoms with Crippen molar-refractivity contribution in [3.8, 4) is 0 Å². The van der Waals surface area contributed by atoms with Crippen molar-refractivity contribution in [3.63, 3.8) is 0 Å². The zero-order valence-electron chi connectivity index (χ0n) is 13.8. The van der Waals surface area contributed by atoms with Crippen LogP contribution >= 0.6 is 0 Å². The zero-order chi connectivity index (χ0) is 17.0. The van der Waals surface area contributed by atoms with E-state index >= 15 is 0 Å². The third-order valence-corrected chi connectivity index (χ3v) is 4.09. The maximum absolute atomic E-state index is 12.9. The molecule has 128 valence electrons. The molecular weight excluding hydrogens is 299 g/mol. The molecule has 0 aromatic heterocycles. The van der Waals surface area contributed by atoms with Gasteiger partial charge in [-0.2, -0.15) is 0 Å². The number of ether oxygens (including phenoxy) is 1. The minimum absolute atomic E-state index is 0.0405. The summed E-state index contributed by atoms with van der Waals surface area (Å²) in [6.07, 6.45) is 1.77. The second kappa shape index (κ2) is 7.27. The topological polar surface area (TPSA) is 70.6 Å². The molecule has 1 aromatic rings. The predicted molar refractivity (Wildman–Crippen MR) is 85.5 cm³/mol. The molecule has 1 saturated heterocycles. The molecule has 3 atom stereocenters. The second-order valence-electron chi connectivity index (χ2n) is 6.53. The van der Waals surface area contributed by atoms with Crippen molar-refractivity contribution in [3.05, 3.63) is 35.6 Å². The largest absolute Gasteiger partial charge is 0.384 e. The molecule has 3 N–H and O–H groups in total. The number of urea groups is 1. The molecule has 1 fully saturated rings. The average molecular weight is 324 g/mol. The van der Waals surface area contributed by atoms with Crippen LogP contribution in [0.3, 0.4) is 0 Å². The first-order valence-corrected chi connectivity index (χ1v) is 7.94. The number of amides is 2. The summed E-state index contributed by atoms with van der Waals surface area (Å²) in [5.74, 6) is -0.363. The van der Waals surface area contributed by atoms with Gasteiger partial charge in [-0.3, -0.25) is 0 Å². The SMILES string of the molecule is CC1CC(NC(=O)NCC(C)(O)c2ccc(F)cc2)CC(C)O1. The molecule has 1 heterocycles. The van der Waals surface area contributed by atoms with Crippen LogP contribution in [-0.4, -0.2) is 35.9 Å². The number of carbonyl (C=O) groups is 1. The van der Waals surface area contributed by atoms with Gasteiger partial charge in [0, 0.05) is 6.04 Å². The van der Waals surface area contributed by atoms with E-state index in [1.807, 2.05) is 13.8 Å². The van der Waals surface area contributed by atoms with E-state index in [9.17, 15) is 14.3 Å². The fraction of sp³-hybridized carbons (Fsp3) is 0.588. The lowest BCUT2D eigenvalue weighted by atomic mass is 9.96. The number of hydrogen-bond donors (Lipinski definition) is 3. The summed E-state index contributed by atoms with van der Waals surface area (Å²) in [7, 11) is 0. The van der Waals surface area contributed by atoms with Crippen LogP contribution in [0.1, 0.15) is 39.2 Å². The Morgan fingerprint density at radius 3 is 2.43 bits per heavy atom. The van der Waals surface area contributed by atoms with Crippen LogP contribution in [0.5, 0.6) is 0 Å². The maximum Gasteiger partial charge on any atom is 0.315 e. The lowest BCUT2D eigenvalue weighted by Gasteiger charge is -2.33. The molecule has 23 heavy (non-hydrogen) atoms. The fourth-order valence-corrected chi connectivity index (χ4v) is 2.92. The van der Waals surface area contributed by atoms with Crippen LogP contribution in [0.2, 0.25) is 0 Å². The molecular formula is C17H25FN2O3. The molecule has 1 aliphatic rings. The number of hydrogen-bond acceptors (Lipinski definition) is 3. The number of rotatable bonds is 4. The molecule has 0 radical (unpaired) electrons. The molecule has 1 aromatic carbocycles. The number of benzene rings is 1. The van der Waals surface area contributed by atoms with Crippen molar-refractivity contribution < 1.29 is 19.0 Å². The molecule has 3 unspecified atom stereocenters. The predicted octanol–water partition coefficient (Wildman–Crippen LogP) is 2.29.